The molecule has 20 heavy (non-hydrogen) atoms. The Morgan fingerprint density at radius 1 is 1.30 bits per heavy atom. The SMILES string of the molecule is CCN1CC(OC(=O)N2CC3CCC(C2)O3)C(F)(F)C1. The number of likely N-dealkylation sites (N-methyl/N-ethyl adjacent to an activating group) is 1. The molecule has 2 bridgehead atoms. The summed E-state index contributed by atoms with van der Waals surface area (Å²) >= 11 is 0. The molecule has 3 saturated heterocycles. The van der Waals surface area contributed by atoms with Crippen molar-refractivity contribution in [2.45, 2.75) is 44.0 Å². The molecule has 3 rings (SSSR count). The summed E-state index contributed by atoms with van der Waals surface area (Å²) in [7, 11) is 0. The Morgan fingerprint density at radius 2 is 1.95 bits per heavy atom. The van der Waals surface area contributed by atoms with E-state index in [4.69, 9.17) is 9.47 Å². The van der Waals surface area contributed by atoms with Crippen LogP contribution in [0.25, 0.3) is 0 Å². The zero-order chi connectivity index (χ0) is 14.3. The summed E-state index contributed by atoms with van der Waals surface area (Å²) in [6.45, 7) is 3.02. The van der Waals surface area contributed by atoms with Crippen LogP contribution >= 0.6 is 0 Å². The first-order valence-corrected chi connectivity index (χ1v) is 7.19. The molecule has 3 unspecified atom stereocenters. The largest absolute Gasteiger partial charge is 0.438 e. The van der Waals surface area contributed by atoms with E-state index in [1.165, 1.54) is 4.90 Å². The number of ether oxygens (including phenoxy) is 2. The maximum absolute atomic E-state index is 13.8. The summed E-state index contributed by atoms with van der Waals surface area (Å²) in [5, 5.41) is 0. The molecule has 0 aromatic rings. The van der Waals surface area contributed by atoms with Crippen LogP contribution in [0.5, 0.6) is 0 Å². The van der Waals surface area contributed by atoms with Crippen LogP contribution in [-0.4, -0.2) is 72.9 Å². The molecule has 114 valence electrons. The first-order valence-electron chi connectivity index (χ1n) is 7.19. The van der Waals surface area contributed by atoms with Gasteiger partial charge in [0, 0.05) is 6.54 Å². The Balaban J connectivity index is 1.59. The molecular weight excluding hydrogens is 270 g/mol. The van der Waals surface area contributed by atoms with Gasteiger partial charge in [-0.05, 0) is 19.4 Å². The molecule has 0 aromatic heterocycles. The van der Waals surface area contributed by atoms with Crippen LogP contribution in [-0.2, 0) is 9.47 Å². The van der Waals surface area contributed by atoms with Crippen LogP contribution < -0.4 is 0 Å². The van der Waals surface area contributed by atoms with Gasteiger partial charge in [0.25, 0.3) is 5.92 Å². The van der Waals surface area contributed by atoms with E-state index in [1.54, 1.807) is 4.90 Å². The van der Waals surface area contributed by atoms with Gasteiger partial charge in [0.05, 0.1) is 31.8 Å². The first-order chi connectivity index (χ1) is 9.48. The molecule has 1 amide bonds. The monoisotopic (exact) mass is 290 g/mol. The van der Waals surface area contributed by atoms with Gasteiger partial charge in [0.2, 0.25) is 0 Å². The second-order valence-corrected chi connectivity index (χ2v) is 5.82. The Kier molecular flexibility index (Phi) is 3.58. The van der Waals surface area contributed by atoms with E-state index in [2.05, 4.69) is 0 Å². The normalized spacial score (nSPS) is 36.4. The standard InChI is InChI=1S/C13H20F2N2O3/c1-2-16-7-11(13(14,15)8-16)20-12(18)17-5-9-3-4-10(6-17)19-9/h9-11H,2-8H2,1H3. The molecule has 0 radical (unpaired) electrons. The Morgan fingerprint density at radius 3 is 2.50 bits per heavy atom. The number of nitrogens with zero attached hydrogens (tertiary/aromatic N) is 2. The second kappa shape index (κ2) is 5.11. The van der Waals surface area contributed by atoms with Crippen LogP contribution in [0.2, 0.25) is 0 Å². The zero-order valence-corrected chi connectivity index (χ0v) is 11.6. The molecule has 0 N–H and O–H groups in total. The minimum absolute atomic E-state index is 0.0394. The van der Waals surface area contributed by atoms with Crippen molar-refractivity contribution in [3.63, 3.8) is 0 Å². The van der Waals surface area contributed by atoms with E-state index in [-0.39, 0.29) is 25.3 Å². The van der Waals surface area contributed by atoms with Crippen molar-refractivity contribution in [2.24, 2.45) is 0 Å². The zero-order valence-electron chi connectivity index (χ0n) is 11.6. The summed E-state index contributed by atoms with van der Waals surface area (Å²) in [4.78, 5) is 15.2. The first kappa shape index (κ1) is 14.0. The van der Waals surface area contributed by atoms with Gasteiger partial charge >= 0.3 is 6.09 Å². The van der Waals surface area contributed by atoms with Crippen molar-refractivity contribution >= 4 is 6.09 Å². The van der Waals surface area contributed by atoms with Gasteiger partial charge in [-0.25, -0.2) is 13.6 Å². The molecule has 0 aliphatic carbocycles. The highest BCUT2D eigenvalue weighted by Gasteiger charge is 2.51. The van der Waals surface area contributed by atoms with Gasteiger partial charge < -0.3 is 14.4 Å². The molecule has 0 aromatic carbocycles. The molecule has 3 atom stereocenters. The molecule has 3 heterocycles. The Hall–Kier alpha value is -0.950. The maximum atomic E-state index is 13.8. The lowest BCUT2D eigenvalue weighted by Gasteiger charge is -2.32. The van der Waals surface area contributed by atoms with E-state index in [1.807, 2.05) is 6.92 Å². The highest BCUT2D eigenvalue weighted by molar-refractivity contribution is 5.68. The minimum atomic E-state index is -2.96. The number of likely N-dealkylation sites (tertiary alicyclic amines) is 2. The quantitative estimate of drug-likeness (QED) is 0.769. The molecular formula is C13H20F2N2O3. The molecule has 5 nitrogen and oxygen atoms in total. The Labute approximate surface area is 116 Å². The fourth-order valence-electron chi connectivity index (χ4n) is 3.16. The molecule has 0 spiro atoms. The summed E-state index contributed by atoms with van der Waals surface area (Å²) < 4.78 is 38.2. The fourth-order valence-corrected chi connectivity index (χ4v) is 3.16. The lowest BCUT2D eigenvalue weighted by atomic mass is 10.2. The van der Waals surface area contributed by atoms with E-state index in [0.29, 0.717) is 19.6 Å². The van der Waals surface area contributed by atoms with Gasteiger partial charge in [-0.2, -0.15) is 0 Å². The number of rotatable bonds is 2. The van der Waals surface area contributed by atoms with Gasteiger partial charge in [0.15, 0.2) is 6.10 Å². The summed E-state index contributed by atoms with van der Waals surface area (Å²) in [6.07, 6.45) is -0.0340. The average molecular weight is 290 g/mol. The van der Waals surface area contributed by atoms with Crippen molar-refractivity contribution in [1.82, 2.24) is 9.80 Å². The highest BCUT2D eigenvalue weighted by atomic mass is 19.3. The van der Waals surface area contributed by atoms with Crippen LogP contribution in [0.3, 0.4) is 0 Å². The molecule has 3 fully saturated rings. The lowest BCUT2D eigenvalue weighted by Crippen LogP contribution is -2.48. The van der Waals surface area contributed by atoms with E-state index < -0.39 is 18.1 Å². The van der Waals surface area contributed by atoms with Gasteiger partial charge in [-0.15, -0.1) is 0 Å². The number of fused-ring (bicyclic) bond motifs is 2. The molecule has 3 aliphatic heterocycles. The number of amides is 1. The predicted octanol–water partition coefficient (Wildman–Crippen LogP) is 1.33. The third-order valence-corrected chi connectivity index (χ3v) is 4.32. The fraction of sp³-hybridized carbons (Fsp3) is 0.923. The maximum Gasteiger partial charge on any atom is 0.410 e. The van der Waals surface area contributed by atoms with Crippen molar-refractivity contribution in [3.8, 4) is 0 Å². The third-order valence-electron chi connectivity index (χ3n) is 4.32. The number of alkyl halides is 2. The Bertz CT molecular complexity index is 382. The van der Waals surface area contributed by atoms with Crippen molar-refractivity contribution in [2.75, 3.05) is 32.7 Å². The highest BCUT2D eigenvalue weighted by Crippen LogP contribution is 2.31. The van der Waals surface area contributed by atoms with Gasteiger partial charge in [-0.3, -0.25) is 4.90 Å². The van der Waals surface area contributed by atoms with Crippen LogP contribution in [0.1, 0.15) is 19.8 Å². The molecule has 0 saturated carbocycles. The number of morpholine rings is 1. The van der Waals surface area contributed by atoms with Crippen molar-refractivity contribution < 1.29 is 23.0 Å². The summed E-state index contributed by atoms with van der Waals surface area (Å²) in [5.41, 5.74) is 0. The second-order valence-electron chi connectivity index (χ2n) is 5.82. The minimum Gasteiger partial charge on any atom is -0.438 e. The van der Waals surface area contributed by atoms with E-state index in [9.17, 15) is 13.6 Å². The van der Waals surface area contributed by atoms with E-state index >= 15 is 0 Å². The molecule has 7 heteroatoms. The smallest absolute Gasteiger partial charge is 0.410 e. The summed E-state index contributed by atoms with van der Waals surface area (Å²) in [5.74, 6) is -2.96. The number of hydrogen-bond acceptors (Lipinski definition) is 4. The third kappa shape index (κ3) is 2.61. The number of carbonyl (C=O) groups is 1. The lowest BCUT2D eigenvalue weighted by molar-refractivity contribution is -0.0937. The van der Waals surface area contributed by atoms with Crippen LogP contribution in [0.15, 0.2) is 0 Å². The van der Waals surface area contributed by atoms with Crippen molar-refractivity contribution in [1.29, 1.82) is 0 Å². The molecule has 3 aliphatic rings. The average Bonchev–Trinajstić information content (AvgIpc) is 2.89. The number of carbonyl (C=O) groups excluding carboxylic acids is 1. The van der Waals surface area contributed by atoms with E-state index in [0.717, 1.165) is 12.8 Å². The van der Waals surface area contributed by atoms with Gasteiger partial charge in [0.1, 0.15) is 0 Å². The van der Waals surface area contributed by atoms with Crippen molar-refractivity contribution in [3.05, 3.63) is 0 Å². The van der Waals surface area contributed by atoms with Crippen LogP contribution in [0.4, 0.5) is 13.6 Å². The predicted molar refractivity (Wildman–Crippen MR) is 66.8 cm³/mol. The van der Waals surface area contributed by atoms with Crippen LogP contribution in [0, 0.1) is 0 Å². The van der Waals surface area contributed by atoms with Gasteiger partial charge in [-0.1, -0.05) is 6.92 Å². The number of halogens is 2. The topological polar surface area (TPSA) is 42.0 Å². The summed E-state index contributed by atoms with van der Waals surface area (Å²) in [6, 6.07) is 0. The number of hydrogen-bond donors (Lipinski definition) is 0.